The Labute approximate surface area is 171 Å². The molecule has 0 saturated carbocycles. The van der Waals surface area contributed by atoms with Gasteiger partial charge in [0.05, 0.1) is 4.92 Å². The van der Waals surface area contributed by atoms with Crippen LogP contribution in [0.4, 0.5) is 11.7 Å². The molecule has 9 heteroatoms. The van der Waals surface area contributed by atoms with E-state index in [0.717, 1.165) is 10.5 Å². The zero-order chi connectivity index (χ0) is 20.8. The largest absolute Gasteiger partial charge is 0.403 e. The molecule has 0 fully saturated rings. The smallest absolute Gasteiger partial charge is 0.322 e. The molecule has 29 heavy (non-hydrogen) atoms. The van der Waals surface area contributed by atoms with E-state index in [1.54, 1.807) is 23.9 Å². The maximum absolute atomic E-state index is 12.1. The van der Waals surface area contributed by atoms with Crippen LogP contribution in [0.5, 0.6) is 0 Å². The van der Waals surface area contributed by atoms with Crippen LogP contribution in [-0.4, -0.2) is 26.3 Å². The zero-order valence-electron chi connectivity index (χ0n) is 15.7. The quantitative estimate of drug-likeness (QED) is 0.258. The molecular formula is C20H18N4O4S. The van der Waals surface area contributed by atoms with Gasteiger partial charge in [0.15, 0.2) is 0 Å². The van der Waals surface area contributed by atoms with Crippen LogP contribution in [0, 0.1) is 10.1 Å². The number of rotatable bonds is 7. The number of benzene rings is 2. The molecule has 0 aliphatic heterocycles. The molecule has 8 nitrogen and oxygen atoms in total. The molecule has 0 spiro atoms. The maximum Gasteiger partial charge on any atom is 0.322 e. The molecule has 3 aromatic rings. The lowest BCUT2D eigenvalue weighted by Crippen LogP contribution is -2.07. The highest BCUT2D eigenvalue weighted by Crippen LogP contribution is 2.28. The molecule has 0 saturated heterocycles. The Morgan fingerprint density at radius 3 is 2.76 bits per heavy atom. The Hall–Kier alpha value is -3.46. The Morgan fingerprint density at radius 1 is 1.21 bits per heavy atom. The summed E-state index contributed by atoms with van der Waals surface area (Å²) in [5.74, 6) is -0.190. The summed E-state index contributed by atoms with van der Waals surface area (Å²) in [5.41, 5.74) is 1.24. The summed E-state index contributed by atoms with van der Waals surface area (Å²) in [4.78, 5) is 23.5. The number of carbonyl (C=O) groups excluding carboxylic acids is 1. The van der Waals surface area contributed by atoms with E-state index in [1.165, 1.54) is 24.3 Å². The minimum absolute atomic E-state index is 0.0318. The van der Waals surface area contributed by atoms with Crippen LogP contribution in [-0.2, 0) is 4.79 Å². The van der Waals surface area contributed by atoms with E-state index in [4.69, 9.17) is 4.42 Å². The second-order valence-corrected chi connectivity index (χ2v) is 7.93. The Bertz CT molecular complexity index is 1060. The molecule has 1 aromatic heterocycles. The highest BCUT2D eigenvalue weighted by molar-refractivity contribution is 7.99. The Balaban J connectivity index is 1.66. The normalized spacial score (nSPS) is 11.1. The molecule has 2 aromatic carbocycles. The monoisotopic (exact) mass is 410 g/mol. The van der Waals surface area contributed by atoms with Crippen molar-refractivity contribution in [2.24, 2.45) is 0 Å². The van der Waals surface area contributed by atoms with Gasteiger partial charge < -0.3 is 4.42 Å². The highest BCUT2D eigenvalue weighted by atomic mass is 32.2. The van der Waals surface area contributed by atoms with Gasteiger partial charge in [-0.1, -0.05) is 37.1 Å². The van der Waals surface area contributed by atoms with Crippen LogP contribution in [0.1, 0.15) is 19.4 Å². The molecule has 0 unspecified atom stereocenters. The van der Waals surface area contributed by atoms with E-state index < -0.39 is 10.8 Å². The number of hydrogen-bond acceptors (Lipinski definition) is 7. The second kappa shape index (κ2) is 9.16. The van der Waals surface area contributed by atoms with Gasteiger partial charge in [-0.3, -0.25) is 20.2 Å². The SMILES string of the molecule is CC(C)Sc1cccc(-c2nnc(NC(=O)/C=C/c3cccc([N+](=O)[O-])c3)o2)c1. The first-order chi connectivity index (χ1) is 13.9. The number of nitrogens with one attached hydrogen (secondary N) is 1. The fourth-order valence-electron chi connectivity index (χ4n) is 2.43. The maximum atomic E-state index is 12.1. The molecule has 0 bridgehead atoms. The number of carbonyl (C=O) groups is 1. The van der Waals surface area contributed by atoms with Gasteiger partial charge in [-0.2, -0.15) is 0 Å². The van der Waals surface area contributed by atoms with Gasteiger partial charge in [-0.25, -0.2) is 0 Å². The van der Waals surface area contributed by atoms with Crippen LogP contribution in [0.3, 0.4) is 0 Å². The van der Waals surface area contributed by atoms with E-state index in [9.17, 15) is 14.9 Å². The number of thioether (sulfide) groups is 1. The van der Waals surface area contributed by atoms with Gasteiger partial charge in [-0.05, 0) is 29.8 Å². The first-order valence-electron chi connectivity index (χ1n) is 8.75. The fourth-order valence-corrected chi connectivity index (χ4v) is 3.32. The molecule has 3 rings (SSSR count). The first kappa shape index (κ1) is 20.3. The minimum atomic E-state index is -0.494. The Morgan fingerprint density at radius 2 is 2.00 bits per heavy atom. The molecule has 148 valence electrons. The third-order valence-electron chi connectivity index (χ3n) is 3.62. The van der Waals surface area contributed by atoms with Gasteiger partial charge in [-0.15, -0.1) is 16.9 Å². The molecular weight excluding hydrogens is 392 g/mol. The van der Waals surface area contributed by atoms with E-state index >= 15 is 0 Å². The number of hydrogen-bond donors (Lipinski definition) is 1. The Kier molecular flexibility index (Phi) is 6.40. The van der Waals surface area contributed by atoms with Crippen molar-refractivity contribution in [3.63, 3.8) is 0 Å². The van der Waals surface area contributed by atoms with Crippen molar-refractivity contribution in [3.05, 3.63) is 70.3 Å². The second-order valence-electron chi connectivity index (χ2n) is 6.28. The first-order valence-corrected chi connectivity index (χ1v) is 9.63. The average molecular weight is 410 g/mol. The number of amides is 1. The van der Waals surface area contributed by atoms with Gasteiger partial charge in [0.2, 0.25) is 5.89 Å². The lowest BCUT2D eigenvalue weighted by atomic mass is 10.2. The van der Waals surface area contributed by atoms with Crippen molar-refractivity contribution in [1.82, 2.24) is 10.2 Å². The van der Waals surface area contributed by atoms with Crippen molar-refractivity contribution in [2.75, 3.05) is 5.32 Å². The number of nitro groups is 1. The number of non-ortho nitro benzene ring substituents is 1. The van der Waals surface area contributed by atoms with E-state index in [2.05, 4.69) is 29.4 Å². The number of nitro benzene ring substituents is 1. The lowest BCUT2D eigenvalue weighted by Gasteiger charge is -2.05. The van der Waals surface area contributed by atoms with E-state index in [0.29, 0.717) is 16.7 Å². The summed E-state index contributed by atoms with van der Waals surface area (Å²) >= 11 is 1.72. The van der Waals surface area contributed by atoms with Crippen molar-refractivity contribution in [2.45, 2.75) is 24.0 Å². The lowest BCUT2D eigenvalue weighted by molar-refractivity contribution is -0.384. The third kappa shape index (κ3) is 5.76. The van der Waals surface area contributed by atoms with Crippen molar-refractivity contribution in [1.29, 1.82) is 0 Å². The van der Waals surface area contributed by atoms with E-state index in [1.807, 2.05) is 24.3 Å². The summed E-state index contributed by atoms with van der Waals surface area (Å²) in [5, 5.41) is 21.5. The topological polar surface area (TPSA) is 111 Å². The van der Waals surface area contributed by atoms with Gasteiger partial charge in [0.25, 0.3) is 11.6 Å². The van der Waals surface area contributed by atoms with Crippen molar-refractivity contribution >= 4 is 35.4 Å². The van der Waals surface area contributed by atoms with E-state index in [-0.39, 0.29) is 11.7 Å². The average Bonchev–Trinajstić information content (AvgIpc) is 3.15. The molecule has 1 amide bonds. The molecule has 0 radical (unpaired) electrons. The third-order valence-corrected chi connectivity index (χ3v) is 4.61. The minimum Gasteiger partial charge on any atom is -0.403 e. The summed E-state index contributed by atoms with van der Waals surface area (Å²) in [7, 11) is 0. The molecule has 0 aliphatic rings. The predicted octanol–water partition coefficient (Wildman–Crippen LogP) is 4.80. The van der Waals surface area contributed by atoms with Crippen LogP contribution in [0.25, 0.3) is 17.5 Å². The van der Waals surface area contributed by atoms with Crippen LogP contribution in [0.2, 0.25) is 0 Å². The summed E-state index contributed by atoms with van der Waals surface area (Å²) in [6.07, 6.45) is 2.70. The standard InChI is InChI=1S/C20H18N4O4S/c1-13(2)29-17-8-4-6-15(12-17)19-22-23-20(28-19)21-18(25)10-9-14-5-3-7-16(11-14)24(26)27/h3-13H,1-2H3,(H,21,23,25)/b10-9+. The van der Waals surface area contributed by atoms with Crippen LogP contribution < -0.4 is 5.32 Å². The number of nitrogens with zero attached hydrogens (tertiary/aromatic N) is 3. The molecule has 0 atom stereocenters. The summed E-state index contributed by atoms with van der Waals surface area (Å²) in [6.45, 7) is 4.22. The molecule has 0 aliphatic carbocycles. The number of aromatic nitrogens is 2. The fraction of sp³-hybridized carbons (Fsp3) is 0.150. The molecule has 1 N–H and O–H groups in total. The van der Waals surface area contributed by atoms with Gasteiger partial charge in [0, 0.05) is 33.9 Å². The van der Waals surface area contributed by atoms with Crippen LogP contribution in [0.15, 0.2) is 63.9 Å². The van der Waals surface area contributed by atoms with Gasteiger partial charge in [0.1, 0.15) is 0 Å². The highest BCUT2D eigenvalue weighted by Gasteiger charge is 2.11. The van der Waals surface area contributed by atoms with Crippen molar-refractivity contribution < 1.29 is 14.1 Å². The predicted molar refractivity (Wildman–Crippen MR) is 111 cm³/mol. The molecule has 1 heterocycles. The van der Waals surface area contributed by atoms with Crippen molar-refractivity contribution in [3.8, 4) is 11.5 Å². The van der Waals surface area contributed by atoms with Gasteiger partial charge >= 0.3 is 6.01 Å². The number of anilines is 1. The summed E-state index contributed by atoms with van der Waals surface area (Å²) in [6, 6.07) is 13.6. The summed E-state index contributed by atoms with van der Waals surface area (Å²) < 4.78 is 5.52. The zero-order valence-corrected chi connectivity index (χ0v) is 16.6. The van der Waals surface area contributed by atoms with Crippen LogP contribution >= 0.6 is 11.8 Å².